The topological polar surface area (TPSA) is 42.2 Å². The van der Waals surface area contributed by atoms with Crippen LogP contribution in [0, 0.1) is 0 Å². The molecule has 102 valence electrons. The second-order valence-electron chi connectivity index (χ2n) is 5.09. The van der Waals surface area contributed by atoms with Crippen molar-refractivity contribution in [2.75, 3.05) is 5.75 Å². The van der Waals surface area contributed by atoms with Gasteiger partial charge in [-0.2, -0.15) is 16.7 Å². The fraction of sp³-hybridized carbons (Fsp3) is 0.846. The highest BCUT2D eigenvalue weighted by Crippen LogP contribution is 2.27. The average Bonchev–Trinajstić information content (AvgIpc) is 2.92. The summed E-state index contributed by atoms with van der Waals surface area (Å²) in [7, 11) is 0. The Labute approximate surface area is 114 Å². The molecule has 5 heteroatoms. The molecule has 0 amide bonds. The first-order valence-electron chi connectivity index (χ1n) is 6.81. The first-order chi connectivity index (χ1) is 8.61. The zero-order valence-electron chi connectivity index (χ0n) is 11.7. The minimum atomic E-state index is 0.320. The molecule has 18 heavy (non-hydrogen) atoms. The van der Waals surface area contributed by atoms with Crippen LogP contribution in [0.2, 0.25) is 0 Å². The van der Waals surface area contributed by atoms with Crippen molar-refractivity contribution in [3.05, 3.63) is 11.7 Å². The Hall–Kier alpha value is -0.550. The molecule has 0 radical (unpaired) electrons. The summed E-state index contributed by atoms with van der Waals surface area (Å²) in [6.07, 6.45) is 2.54. The van der Waals surface area contributed by atoms with E-state index in [-0.39, 0.29) is 0 Å². The maximum atomic E-state index is 5.37. The van der Waals surface area contributed by atoms with E-state index in [4.69, 9.17) is 4.52 Å². The van der Waals surface area contributed by atoms with Crippen molar-refractivity contribution in [3.8, 4) is 0 Å². The number of nitrogens with zero attached hydrogens (tertiary/aromatic N) is 3. The summed E-state index contributed by atoms with van der Waals surface area (Å²) in [5.74, 6) is 2.66. The third-order valence-corrected chi connectivity index (χ3v) is 4.76. The fourth-order valence-corrected chi connectivity index (χ4v) is 3.28. The van der Waals surface area contributed by atoms with Gasteiger partial charge < -0.3 is 4.52 Å². The van der Waals surface area contributed by atoms with Crippen LogP contribution in [0.3, 0.4) is 0 Å². The van der Waals surface area contributed by atoms with Crippen LogP contribution in [0.15, 0.2) is 4.52 Å². The predicted octanol–water partition coefficient (Wildman–Crippen LogP) is 3.26. The Kier molecular flexibility index (Phi) is 4.67. The van der Waals surface area contributed by atoms with Crippen molar-refractivity contribution in [2.24, 2.45) is 0 Å². The van der Waals surface area contributed by atoms with Gasteiger partial charge in [0.05, 0.1) is 11.8 Å². The molecule has 0 N–H and O–H groups in total. The highest BCUT2D eigenvalue weighted by atomic mass is 32.2. The van der Waals surface area contributed by atoms with Gasteiger partial charge in [-0.15, -0.1) is 0 Å². The molecule has 0 aliphatic carbocycles. The van der Waals surface area contributed by atoms with Crippen LogP contribution < -0.4 is 0 Å². The summed E-state index contributed by atoms with van der Waals surface area (Å²) in [6, 6.07) is 1.25. The molecule has 1 fully saturated rings. The third kappa shape index (κ3) is 3.06. The van der Waals surface area contributed by atoms with Crippen molar-refractivity contribution < 1.29 is 4.52 Å². The molecule has 0 bridgehead atoms. The number of rotatable bonds is 5. The summed E-state index contributed by atoms with van der Waals surface area (Å²) in [6.45, 7) is 9.62. The zero-order valence-corrected chi connectivity index (χ0v) is 12.5. The van der Waals surface area contributed by atoms with Crippen LogP contribution in [0.1, 0.15) is 57.5 Å². The molecule has 1 aliphatic rings. The van der Waals surface area contributed by atoms with Gasteiger partial charge in [0.2, 0.25) is 5.89 Å². The van der Waals surface area contributed by atoms with Crippen molar-refractivity contribution in [2.45, 2.75) is 64.4 Å². The van der Waals surface area contributed by atoms with Gasteiger partial charge in [0.1, 0.15) is 0 Å². The van der Waals surface area contributed by atoms with E-state index in [9.17, 15) is 0 Å². The second-order valence-corrected chi connectivity index (χ2v) is 6.71. The van der Waals surface area contributed by atoms with Gasteiger partial charge in [0.25, 0.3) is 0 Å². The molecule has 1 saturated heterocycles. The standard InChI is InChI=1S/C13H23N3OS/c1-5-18-11(4)13-14-12(17-15-13)8-16-9(2)6-7-10(16)3/h9-11H,5-8H2,1-4H3/t9-,10+,11-/m1/s1. The van der Waals surface area contributed by atoms with Crippen LogP contribution >= 0.6 is 11.8 Å². The van der Waals surface area contributed by atoms with Crippen molar-refractivity contribution >= 4 is 11.8 Å². The first-order valence-corrected chi connectivity index (χ1v) is 7.86. The zero-order chi connectivity index (χ0) is 13.1. The molecule has 1 aromatic heterocycles. The molecule has 3 atom stereocenters. The lowest BCUT2D eigenvalue weighted by Gasteiger charge is -2.23. The molecule has 2 rings (SSSR count). The van der Waals surface area contributed by atoms with Crippen LogP contribution in [0.25, 0.3) is 0 Å². The van der Waals surface area contributed by atoms with Gasteiger partial charge in [-0.1, -0.05) is 12.1 Å². The predicted molar refractivity (Wildman–Crippen MR) is 74.5 cm³/mol. The van der Waals surface area contributed by atoms with Gasteiger partial charge in [-0.05, 0) is 39.4 Å². The van der Waals surface area contributed by atoms with Gasteiger partial charge in [0.15, 0.2) is 5.82 Å². The van der Waals surface area contributed by atoms with E-state index in [1.165, 1.54) is 12.8 Å². The number of hydrogen-bond donors (Lipinski definition) is 0. The Balaban J connectivity index is 1.98. The van der Waals surface area contributed by atoms with E-state index in [0.717, 1.165) is 24.0 Å². The van der Waals surface area contributed by atoms with Crippen LogP contribution in [-0.4, -0.2) is 32.9 Å². The highest BCUT2D eigenvalue weighted by Gasteiger charge is 2.28. The monoisotopic (exact) mass is 269 g/mol. The minimum Gasteiger partial charge on any atom is -0.338 e. The van der Waals surface area contributed by atoms with E-state index in [1.807, 2.05) is 11.8 Å². The van der Waals surface area contributed by atoms with E-state index >= 15 is 0 Å². The van der Waals surface area contributed by atoms with E-state index in [1.54, 1.807) is 0 Å². The molecule has 0 saturated carbocycles. The van der Waals surface area contributed by atoms with E-state index in [0.29, 0.717) is 17.3 Å². The SMILES string of the molecule is CCS[C@H](C)c1noc(CN2[C@H](C)CC[C@@H]2C)n1. The Bertz CT molecular complexity index is 372. The van der Waals surface area contributed by atoms with Crippen molar-refractivity contribution in [1.82, 2.24) is 15.0 Å². The number of hydrogen-bond acceptors (Lipinski definition) is 5. The molecular weight excluding hydrogens is 246 g/mol. The lowest BCUT2D eigenvalue weighted by molar-refractivity contribution is 0.177. The smallest absolute Gasteiger partial charge is 0.240 e. The Morgan fingerprint density at radius 2 is 2.06 bits per heavy atom. The van der Waals surface area contributed by atoms with Crippen LogP contribution in [-0.2, 0) is 6.54 Å². The molecule has 0 spiro atoms. The third-order valence-electron chi connectivity index (χ3n) is 3.72. The normalized spacial score (nSPS) is 26.7. The van der Waals surface area contributed by atoms with Gasteiger partial charge >= 0.3 is 0 Å². The lowest BCUT2D eigenvalue weighted by atomic mass is 10.2. The molecule has 2 heterocycles. The summed E-state index contributed by atoms with van der Waals surface area (Å²) < 4.78 is 5.37. The largest absolute Gasteiger partial charge is 0.338 e. The summed E-state index contributed by atoms with van der Waals surface area (Å²) in [5.41, 5.74) is 0. The molecule has 0 aromatic carbocycles. The van der Waals surface area contributed by atoms with Gasteiger partial charge in [-0.3, -0.25) is 4.90 Å². The van der Waals surface area contributed by atoms with Crippen molar-refractivity contribution in [1.29, 1.82) is 0 Å². The minimum absolute atomic E-state index is 0.320. The molecule has 0 unspecified atom stereocenters. The molecule has 1 aromatic rings. The van der Waals surface area contributed by atoms with Crippen LogP contribution in [0.5, 0.6) is 0 Å². The quantitative estimate of drug-likeness (QED) is 0.820. The Morgan fingerprint density at radius 1 is 1.39 bits per heavy atom. The van der Waals surface area contributed by atoms with Gasteiger partial charge in [0, 0.05) is 12.1 Å². The summed E-state index contributed by atoms with van der Waals surface area (Å²) >= 11 is 1.84. The number of aromatic nitrogens is 2. The van der Waals surface area contributed by atoms with E-state index in [2.05, 4.69) is 42.7 Å². The lowest BCUT2D eigenvalue weighted by Crippen LogP contribution is -2.32. The summed E-state index contributed by atoms with van der Waals surface area (Å²) in [4.78, 5) is 6.97. The first kappa shape index (κ1) is 13.9. The average molecular weight is 269 g/mol. The summed E-state index contributed by atoms with van der Waals surface area (Å²) in [5, 5.41) is 4.41. The van der Waals surface area contributed by atoms with Crippen LogP contribution in [0.4, 0.5) is 0 Å². The molecule has 1 aliphatic heterocycles. The number of likely N-dealkylation sites (tertiary alicyclic amines) is 1. The van der Waals surface area contributed by atoms with E-state index < -0.39 is 0 Å². The van der Waals surface area contributed by atoms with Crippen molar-refractivity contribution in [3.63, 3.8) is 0 Å². The maximum absolute atomic E-state index is 5.37. The second kappa shape index (κ2) is 6.06. The highest BCUT2D eigenvalue weighted by molar-refractivity contribution is 7.99. The van der Waals surface area contributed by atoms with Gasteiger partial charge in [-0.25, -0.2) is 0 Å². The fourth-order valence-electron chi connectivity index (χ4n) is 2.54. The maximum Gasteiger partial charge on any atom is 0.240 e. The Morgan fingerprint density at radius 3 is 2.67 bits per heavy atom. The molecule has 4 nitrogen and oxygen atoms in total. The number of thioether (sulfide) groups is 1. The molecular formula is C13H23N3OS.